The molecule has 0 fully saturated rings. The van der Waals surface area contributed by atoms with Gasteiger partial charge in [0, 0.05) is 5.69 Å². The SMILES string of the molecule is O=C(CNn1c(COc2ccccc2)nc2ccccc2c1=O)Nc1ccccc1. The van der Waals surface area contributed by atoms with Crippen molar-refractivity contribution in [3.05, 3.63) is 101 Å². The van der Waals surface area contributed by atoms with Crippen LogP contribution in [0.15, 0.2) is 89.7 Å². The zero-order valence-corrected chi connectivity index (χ0v) is 16.1. The summed E-state index contributed by atoms with van der Waals surface area (Å²) in [5, 5.41) is 3.23. The van der Waals surface area contributed by atoms with Gasteiger partial charge in [0.15, 0.2) is 5.82 Å². The van der Waals surface area contributed by atoms with Crippen molar-refractivity contribution >= 4 is 22.5 Å². The number of nitrogens with one attached hydrogen (secondary N) is 2. The summed E-state index contributed by atoms with van der Waals surface area (Å²) in [4.78, 5) is 29.9. The number of amides is 1. The van der Waals surface area contributed by atoms with E-state index in [4.69, 9.17) is 4.74 Å². The third-order valence-electron chi connectivity index (χ3n) is 4.41. The van der Waals surface area contributed by atoms with Crippen LogP contribution in [-0.2, 0) is 11.4 Å². The minimum absolute atomic E-state index is 0.0669. The van der Waals surface area contributed by atoms with Crippen molar-refractivity contribution in [1.82, 2.24) is 9.66 Å². The van der Waals surface area contributed by atoms with Crippen LogP contribution >= 0.6 is 0 Å². The molecule has 0 aliphatic carbocycles. The second-order valence-electron chi connectivity index (χ2n) is 6.54. The van der Waals surface area contributed by atoms with E-state index in [-0.39, 0.29) is 24.6 Å². The lowest BCUT2D eigenvalue weighted by Crippen LogP contribution is -2.37. The van der Waals surface area contributed by atoms with Gasteiger partial charge in [-0.3, -0.25) is 9.59 Å². The molecule has 4 rings (SSSR count). The summed E-state index contributed by atoms with van der Waals surface area (Å²) in [6.45, 7) is -0.0372. The molecule has 7 heteroatoms. The number of carbonyl (C=O) groups excluding carboxylic acids is 1. The molecule has 30 heavy (non-hydrogen) atoms. The molecule has 1 aromatic heterocycles. The van der Waals surface area contributed by atoms with Crippen molar-refractivity contribution < 1.29 is 9.53 Å². The van der Waals surface area contributed by atoms with Gasteiger partial charge >= 0.3 is 0 Å². The molecule has 0 radical (unpaired) electrons. The Morgan fingerprint density at radius 3 is 2.33 bits per heavy atom. The Morgan fingerprint density at radius 1 is 0.900 bits per heavy atom. The normalized spacial score (nSPS) is 10.5. The van der Waals surface area contributed by atoms with Crippen molar-refractivity contribution in [2.24, 2.45) is 0 Å². The Labute approximate surface area is 172 Å². The fraction of sp³-hybridized carbons (Fsp3) is 0.0870. The van der Waals surface area contributed by atoms with Crippen molar-refractivity contribution in [3.63, 3.8) is 0 Å². The van der Waals surface area contributed by atoms with E-state index < -0.39 is 0 Å². The summed E-state index contributed by atoms with van der Waals surface area (Å²) in [6, 6.07) is 25.5. The first-order chi connectivity index (χ1) is 14.7. The average Bonchev–Trinajstić information content (AvgIpc) is 2.78. The quantitative estimate of drug-likeness (QED) is 0.498. The Kier molecular flexibility index (Phi) is 5.70. The zero-order valence-electron chi connectivity index (χ0n) is 16.1. The molecule has 0 saturated carbocycles. The first-order valence-corrected chi connectivity index (χ1v) is 9.48. The molecule has 2 N–H and O–H groups in total. The molecule has 0 spiro atoms. The minimum atomic E-state index is -0.292. The molecule has 7 nitrogen and oxygen atoms in total. The smallest absolute Gasteiger partial charge is 0.280 e. The standard InChI is InChI=1S/C23H20N4O3/c28-22(25-17-9-3-1-4-10-17)15-24-27-21(16-30-18-11-5-2-6-12-18)26-20-14-8-7-13-19(20)23(27)29/h1-14,24H,15-16H2,(H,25,28). The molecule has 3 aromatic carbocycles. The van der Waals surface area contributed by atoms with Crippen molar-refractivity contribution in [3.8, 4) is 5.75 Å². The van der Waals surface area contributed by atoms with E-state index in [9.17, 15) is 9.59 Å². The number of hydrogen-bond acceptors (Lipinski definition) is 5. The van der Waals surface area contributed by atoms with Gasteiger partial charge in [-0.05, 0) is 36.4 Å². The second-order valence-corrected chi connectivity index (χ2v) is 6.54. The van der Waals surface area contributed by atoms with Crippen LogP contribution in [0.1, 0.15) is 5.82 Å². The molecule has 0 bridgehead atoms. The highest BCUT2D eigenvalue weighted by Gasteiger charge is 2.13. The van der Waals surface area contributed by atoms with E-state index >= 15 is 0 Å². The maximum atomic E-state index is 13.0. The van der Waals surface area contributed by atoms with Crippen LogP contribution < -0.4 is 21.0 Å². The summed E-state index contributed by atoms with van der Waals surface area (Å²) >= 11 is 0. The molecule has 0 atom stereocenters. The summed E-state index contributed by atoms with van der Waals surface area (Å²) in [6.07, 6.45) is 0. The molecule has 1 amide bonds. The topological polar surface area (TPSA) is 85.2 Å². The molecule has 0 aliphatic rings. The van der Waals surface area contributed by atoms with Crippen molar-refractivity contribution in [1.29, 1.82) is 0 Å². The summed E-state index contributed by atoms with van der Waals surface area (Å²) < 4.78 is 7.05. The highest BCUT2D eigenvalue weighted by atomic mass is 16.5. The largest absolute Gasteiger partial charge is 0.486 e. The number of fused-ring (bicyclic) bond motifs is 1. The third-order valence-corrected chi connectivity index (χ3v) is 4.41. The van der Waals surface area contributed by atoms with Crippen LogP contribution in [0.3, 0.4) is 0 Å². The van der Waals surface area contributed by atoms with Crippen LogP contribution in [0.25, 0.3) is 10.9 Å². The molecule has 0 unspecified atom stereocenters. The molecule has 0 saturated heterocycles. The van der Waals surface area contributed by atoms with Crippen LogP contribution in [0, 0.1) is 0 Å². The Morgan fingerprint density at radius 2 is 1.57 bits per heavy atom. The second kappa shape index (κ2) is 8.91. The molecular weight excluding hydrogens is 380 g/mol. The first-order valence-electron chi connectivity index (χ1n) is 9.48. The number of hydrogen-bond donors (Lipinski definition) is 2. The fourth-order valence-electron chi connectivity index (χ4n) is 2.98. The van der Waals surface area contributed by atoms with Gasteiger partial charge in [0.05, 0.1) is 10.9 Å². The van der Waals surface area contributed by atoms with E-state index in [1.807, 2.05) is 54.6 Å². The number of rotatable bonds is 7. The van der Waals surface area contributed by atoms with Crippen molar-refractivity contribution in [2.75, 3.05) is 17.3 Å². The number of carbonyl (C=O) groups is 1. The first kappa shape index (κ1) is 19.2. The number of anilines is 1. The Balaban J connectivity index is 1.57. The maximum absolute atomic E-state index is 13.0. The lowest BCUT2D eigenvalue weighted by atomic mass is 10.2. The van der Waals surface area contributed by atoms with Gasteiger partial charge in [0.1, 0.15) is 18.9 Å². The van der Waals surface area contributed by atoms with Gasteiger partial charge in [-0.1, -0.05) is 48.5 Å². The zero-order chi connectivity index (χ0) is 20.8. The van der Waals surface area contributed by atoms with E-state index in [0.717, 1.165) is 0 Å². The van der Waals surface area contributed by atoms with Gasteiger partial charge in [0.25, 0.3) is 5.56 Å². The Bertz CT molecular complexity index is 1210. The monoisotopic (exact) mass is 400 g/mol. The summed E-state index contributed by atoms with van der Waals surface area (Å²) in [5.74, 6) is 0.750. The lowest BCUT2D eigenvalue weighted by molar-refractivity contribution is -0.114. The van der Waals surface area contributed by atoms with Crippen LogP contribution in [-0.4, -0.2) is 22.1 Å². The molecule has 1 heterocycles. The van der Waals surface area contributed by atoms with E-state index in [1.165, 1.54) is 4.68 Å². The minimum Gasteiger partial charge on any atom is -0.486 e. The van der Waals surface area contributed by atoms with E-state index in [1.54, 1.807) is 30.3 Å². The van der Waals surface area contributed by atoms with Crippen LogP contribution in [0.4, 0.5) is 5.69 Å². The fourth-order valence-corrected chi connectivity index (χ4v) is 2.98. The summed E-state index contributed by atoms with van der Waals surface area (Å²) in [7, 11) is 0. The maximum Gasteiger partial charge on any atom is 0.280 e. The highest BCUT2D eigenvalue weighted by Crippen LogP contribution is 2.12. The number of aromatic nitrogens is 2. The Hall–Kier alpha value is -4.13. The predicted molar refractivity (Wildman–Crippen MR) is 116 cm³/mol. The van der Waals surface area contributed by atoms with E-state index in [0.29, 0.717) is 28.2 Å². The molecule has 150 valence electrons. The average molecular weight is 400 g/mol. The lowest BCUT2D eigenvalue weighted by Gasteiger charge is -2.16. The van der Waals surface area contributed by atoms with Gasteiger partial charge < -0.3 is 15.5 Å². The van der Waals surface area contributed by atoms with Gasteiger partial charge in [-0.15, -0.1) is 0 Å². The molecule has 4 aromatic rings. The predicted octanol–water partition coefficient (Wildman–Crippen LogP) is 3.16. The number of benzene rings is 3. The number of ether oxygens (including phenoxy) is 1. The van der Waals surface area contributed by atoms with Crippen LogP contribution in [0.5, 0.6) is 5.75 Å². The third kappa shape index (κ3) is 4.47. The van der Waals surface area contributed by atoms with Gasteiger partial charge in [0.2, 0.25) is 5.91 Å². The van der Waals surface area contributed by atoms with E-state index in [2.05, 4.69) is 15.7 Å². The highest BCUT2D eigenvalue weighted by molar-refractivity contribution is 5.93. The molecule has 0 aliphatic heterocycles. The van der Waals surface area contributed by atoms with Crippen LogP contribution in [0.2, 0.25) is 0 Å². The number of nitrogens with zero attached hydrogens (tertiary/aromatic N) is 2. The molecular formula is C23H20N4O3. The van der Waals surface area contributed by atoms with Gasteiger partial charge in [-0.25, -0.2) is 9.66 Å². The summed E-state index contributed by atoms with van der Waals surface area (Å²) in [5.41, 5.74) is 3.84. The van der Waals surface area contributed by atoms with Crippen molar-refractivity contribution in [2.45, 2.75) is 6.61 Å². The number of para-hydroxylation sites is 3. The van der Waals surface area contributed by atoms with Gasteiger partial charge in [-0.2, -0.15) is 0 Å².